The molecule has 0 fully saturated rings. The summed E-state index contributed by atoms with van der Waals surface area (Å²) in [5.74, 6) is 0.614. The molecule has 0 spiro atoms. The molecule has 0 bridgehead atoms. The van der Waals surface area contributed by atoms with E-state index in [1.54, 1.807) is 12.1 Å². The quantitative estimate of drug-likeness (QED) is 0.499. The van der Waals surface area contributed by atoms with Gasteiger partial charge in [-0.25, -0.2) is 4.68 Å². The first-order valence-electron chi connectivity index (χ1n) is 10.2. The highest BCUT2D eigenvalue weighted by Crippen LogP contribution is 2.20. The zero-order chi connectivity index (χ0) is 21.6. The lowest BCUT2D eigenvalue weighted by Gasteiger charge is -2.10. The van der Waals surface area contributed by atoms with E-state index >= 15 is 0 Å². The number of ether oxygens (including phenoxy) is 1. The standard InChI is InChI=1S/C25H23N3O3/c1-2-31-20-12-10-19(11-13-20)23-14-15-24(29)28(27-23)17-16-26-25(30)22-9-5-7-18-6-3-4-8-21(18)22/h3-15H,2,16-17H2,1H3,(H,26,30). The zero-order valence-electron chi connectivity index (χ0n) is 17.2. The zero-order valence-corrected chi connectivity index (χ0v) is 17.2. The van der Waals surface area contributed by atoms with E-state index in [2.05, 4.69) is 10.4 Å². The molecule has 4 rings (SSSR count). The van der Waals surface area contributed by atoms with Gasteiger partial charge in [-0.2, -0.15) is 5.10 Å². The van der Waals surface area contributed by atoms with Crippen molar-refractivity contribution in [1.29, 1.82) is 0 Å². The molecule has 6 nitrogen and oxygen atoms in total. The third-order valence-corrected chi connectivity index (χ3v) is 4.97. The lowest BCUT2D eigenvalue weighted by atomic mass is 10.0. The van der Waals surface area contributed by atoms with E-state index in [9.17, 15) is 9.59 Å². The Labute approximate surface area is 180 Å². The van der Waals surface area contributed by atoms with Gasteiger partial charge in [0.15, 0.2) is 0 Å². The Bertz CT molecular complexity index is 1260. The summed E-state index contributed by atoms with van der Waals surface area (Å²) in [6.45, 7) is 3.11. The molecule has 31 heavy (non-hydrogen) atoms. The van der Waals surface area contributed by atoms with E-state index in [4.69, 9.17) is 4.74 Å². The molecule has 1 N–H and O–H groups in total. The Morgan fingerprint density at radius 3 is 2.55 bits per heavy atom. The largest absolute Gasteiger partial charge is 0.494 e. The number of amides is 1. The number of benzene rings is 3. The van der Waals surface area contributed by atoms with Crippen molar-refractivity contribution >= 4 is 16.7 Å². The SMILES string of the molecule is CCOc1ccc(-c2ccc(=O)n(CCNC(=O)c3cccc4ccccc34)n2)cc1. The number of nitrogens with one attached hydrogen (secondary N) is 1. The summed E-state index contributed by atoms with van der Waals surface area (Å²) in [5, 5.41) is 9.25. The first-order valence-corrected chi connectivity index (χ1v) is 10.2. The van der Waals surface area contributed by atoms with Crippen LogP contribution < -0.4 is 15.6 Å². The highest BCUT2D eigenvalue weighted by Gasteiger charge is 2.10. The van der Waals surface area contributed by atoms with Gasteiger partial charge in [0, 0.05) is 23.7 Å². The molecule has 0 unspecified atom stereocenters. The van der Waals surface area contributed by atoms with Gasteiger partial charge in [0.05, 0.1) is 18.8 Å². The van der Waals surface area contributed by atoms with Crippen molar-refractivity contribution in [2.45, 2.75) is 13.5 Å². The monoisotopic (exact) mass is 413 g/mol. The molecule has 6 heteroatoms. The molecule has 0 saturated heterocycles. The maximum Gasteiger partial charge on any atom is 0.266 e. The number of carbonyl (C=O) groups is 1. The van der Waals surface area contributed by atoms with Crippen LogP contribution in [-0.4, -0.2) is 28.8 Å². The van der Waals surface area contributed by atoms with Gasteiger partial charge in [-0.05, 0) is 54.1 Å². The number of rotatable bonds is 7. The molecule has 0 radical (unpaired) electrons. The van der Waals surface area contributed by atoms with Crippen LogP contribution in [0, 0.1) is 0 Å². The van der Waals surface area contributed by atoms with Crippen LogP contribution in [0.5, 0.6) is 5.75 Å². The van der Waals surface area contributed by atoms with Crippen LogP contribution in [0.2, 0.25) is 0 Å². The average Bonchev–Trinajstić information content (AvgIpc) is 2.80. The number of nitrogens with zero attached hydrogens (tertiary/aromatic N) is 2. The van der Waals surface area contributed by atoms with E-state index in [0.717, 1.165) is 22.1 Å². The summed E-state index contributed by atoms with van der Waals surface area (Å²) in [4.78, 5) is 24.9. The molecule has 3 aromatic carbocycles. The second-order valence-electron chi connectivity index (χ2n) is 7.02. The summed E-state index contributed by atoms with van der Waals surface area (Å²) in [6.07, 6.45) is 0. The van der Waals surface area contributed by atoms with Crippen LogP contribution in [-0.2, 0) is 6.54 Å². The minimum absolute atomic E-state index is 0.174. The molecule has 4 aromatic rings. The van der Waals surface area contributed by atoms with Crippen molar-refractivity contribution in [1.82, 2.24) is 15.1 Å². The van der Waals surface area contributed by atoms with Crippen LogP contribution in [0.25, 0.3) is 22.0 Å². The normalized spacial score (nSPS) is 10.7. The molecule has 1 amide bonds. The fourth-order valence-electron chi connectivity index (χ4n) is 3.45. The number of carbonyl (C=O) groups excluding carboxylic acids is 1. The molecule has 0 aliphatic heterocycles. The maximum atomic E-state index is 12.7. The summed E-state index contributed by atoms with van der Waals surface area (Å²) in [5.41, 5.74) is 1.97. The summed E-state index contributed by atoms with van der Waals surface area (Å²) < 4.78 is 6.83. The van der Waals surface area contributed by atoms with Crippen molar-refractivity contribution in [2.75, 3.05) is 13.2 Å². The smallest absolute Gasteiger partial charge is 0.266 e. The van der Waals surface area contributed by atoms with E-state index < -0.39 is 0 Å². The van der Waals surface area contributed by atoms with Crippen molar-refractivity contribution in [2.24, 2.45) is 0 Å². The van der Waals surface area contributed by atoms with Gasteiger partial charge in [0.1, 0.15) is 5.75 Å². The molecular weight excluding hydrogens is 390 g/mol. The Morgan fingerprint density at radius 2 is 1.74 bits per heavy atom. The van der Waals surface area contributed by atoms with Crippen LogP contribution in [0.1, 0.15) is 17.3 Å². The van der Waals surface area contributed by atoms with Gasteiger partial charge in [0.25, 0.3) is 11.5 Å². The summed E-state index contributed by atoms with van der Waals surface area (Å²) in [7, 11) is 0. The van der Waals surface area contributed by atoms with E-state index in [0.29, 0.717) is 24.4 Å². The third kappa shape index (κ3) is 4.64. The van der Waals surface area contributed by atoms with E-state index in [1.807, 2.05) is 67.6 Å². The minimum atomic E-state index is -0.214. The Balaban J connectivity index is 1.45. The van der Waals surface area contributed by atoms with Gasteiger partial charge in [0.2, 0.25) is 0 Å². The summed E-state index contributed by atoms with van der Waals surface area (Å²) >= 11 is 0. The number of aromatic nitrogens is 2. The predicted octanol–water partition coefficient (Wildman–Crippen LogP) is 3.89. The Morgan fingerprint density at radius 1 is 0.968 bits per heavy atom. The molecule has 0 aliphatic rings. The van der Waals surface area contributed by atoms with Gasteiger partial charge in [-0.3, -0.25) is 9.59 Å². The highest BCUT2D eigenvalue weighted by atomic mass is 16.5. The number of hydrogen-bond acceptors (Lipinski definition) is 4. The van der Waals surface area contributed by atoms with Crippen molar-refractivity contribution in [3.8, 4) is 17.0 Å². The molecule has 1 aromatic heterocycles. The lowest BCUT2D eigenvalue weighted by Crippen LogP contribution is -2.32. The topological polar surface area (TPSA) is 73.2 Å². The van der Waals surface area contributed by atoms with E-state index in [-0.39, 0.29) is 18.0 Å². The Hall–Kier alpha value is -3.93. The maximum absolute atomic E-state index is 12.7. The summed E-state index contributed by atoms with van der Waals surface area (Å²) in [6, 6.07) is 24.2. The van der Waals surface area contributed by atoms with E-state index in [1.165, 1.54) is 10.7 Å². The van der Waals surface area contributed by atoms with Gasteiger partial charge in [-0.15, -0.1) is 0 Å². The molecule has 1 heterocycles. The molecule has 0 aliphatic carbocycles. The second kappa shape index (κ2) is 9.26. The fraction of sp³-hybridized carbons (Fsp3) is 0.160. The third-order valence-electron chi connectivity index (χ3n) is 4.97. The lowest BCUT2D eigenvalue weighted by molar-refractivity contribution is 0.0953. The van der Waals surface area contributed by atoms with Gasteiger partial charge in [-0.1, -0.05) is 36.4 Å². The van der Waals surface area contributed by atoms with Crippen molar-refractivity contribution < 1.29 is 9.53 Å². The van der Waals surface area contributed by atoms with Crippen LogP contribution >= 0.6 is 0 Å². The predicted molar refractivity (Wildman–Crippen MR) is 121 cm³/mol. The molecule has 0 saturated carbocycles. The average molecular weight is 413 g/mol. The molecule has 0 atom stereocenters. The highest BCUT2D eigenvalue weighted by molar-refractivity contribution is 6.06. The fourth-order valence-corrected chi connectivity index (χ4v) is 3.45. The second-order valence-corrected chi connectivity index (χ2v) is 7.02. The van der Waals surface area contributed by atoms with Crippen molar-refractivity contribution in [3.05, 3.63) is 94.8 Å². The van der Waals surface area contributed by atoms with Crippen molar-refractivity contribution in [3.63, 3.8) is 0 Å². The number of fused-ring (bicyclic) bond motifs is 1. The van der Waals surface area contributed by atoms with Crippen LogP contribution in [0.4, 0.5) is 0 Å². The first-order chi connectivity index (χ1) is 15.2. The Kier molecular flexibility index (Phi) is 6.08. The molecule has 156 valence electrons. The van der Waals surface area contributed by atoms with Crippen LogP contribution in [0.3, 0.4) is 0 Å². The number of hydrogen-bond donors (Lipinski definition) is 1. The minimum Gasteiger partial charge on any atom is -0.494 e. The molecular formula is C25H23N3O3. The van der Waals surface area contributed by atoms with Gasteiger partial charge >= 0.3 is 0 Å². The van der Waals surface area contributed by atoms with Crippen LogP contribution in [0.15, 0.2) is 83.7 Å². The van der Waals surface area contributed by atoms with Gasteiger partial charge < -0.3 is 10.1 Å². The first kappa shape index (κ1) is 20.3.